The first-order chi connectivity index (χ1) is 7.98. The molecule has 1 unspecified atom stereocenters. The third kappa shape index (κ3) is 2.23. The van der Waals surface area contributed by atoms with Crippen molar-refractivity contribution >= 4 is 0 Å². The molecule has 0 saturated carbocycles. The standard InChI is InChI=1S/C9H15N3O5/c1-9(2)16-6-5(4(3-13)11-12-10)15-8(14)7(6)17-9/h4-8,13-14H,3H2,1-2H3/t4-,5+,6-,7-,8?/m0/s1. The van der Waals surface area contributed by atoms with Gasteiger partial charge in [-0.2, -0.15) is 0 Å². The van der Waals surface area contributed by atoms with E-state index in [4.69, 9.17) is 24.8 Å². The van der Waals surface area contributed by atoms with E-state index in [1.54, 1.807) is 13.8 Å². The van der Waals surface area contributed by atoms with Crippen LogP contribution in [0.3, 0.4) is 0 Å². The van der Waals surface area contributed by atoms with E-state index < -0.39 is 36.4 Å². The van der Waals surface area contributed by atoms with Crippen LogP contribution in [0.2, 0.25) is 0 Å². The Morgan fingerprint density at radius 1 is 1.41 bits per heavy atom. The first-order valence-electron chi connectivity index (χ1n) is 5.33. The summed E-state index contributed by atoms with van der Waals surface area (Å²) in [4.78, 5) is 2.63. The van der Waals surface area contributed by atoms with Gasteiger partial charge in [0, 0.05) is 4.91 Å². The molecule has 96 valence electrons. The summed E-state index contributed by atoms with van der Waals surface area (Å²) in [6.07, 6.45) is -3.03. The van der Waals surface area contributed by atoms with Gasteiger partial charge >= 0.3 is 0 Å². The normalized spacial score (nSPS) is 40.7. The summed E-state index contributed by atoms with van der Waals surface area (Å²) >= 11 is 0. The third-order valence-electron chi connectivity index (χ3n) is 2.83. The van der Waals surface area contributed by atoms with Crippen LogP contribution in [-0.2, 0) is 14.2 Å². The van der Waals surface area contributed by atoms with E-state index in [0.29, 0.717) is 0 Å². The van der Waals surface area contributed by atoms with Crippen molar-refractivity contribution in [3.05, 3.63) is 10.4 Å². The topological polar surface area (TPSA) is 117 Å². The molecule has 2 aliphatic rings. The molecule has 2 heterocycles. The highest BCUT2D eigenvalue weighted by Gasteiger charge is 2.56. The Kier molecular flexibility index (Phi) is 3.26. The fourth-order valence-corrected chi connectivity index (χ4v) is 2.19. The lowest BCUT2D eigenvalue weighted by Gasteiger charge is -2.24. The van der Waals surface area contributed by atoms with Crippen LogP contribution in [0.15, 0.2) is 5.11 Å². The Labute approximate surface area is 97.7 Å². The molecule has 2 fully saturated rings. The Hall–Kier alpha value is -0.890. The lowest BCUT2D eigenvalue weighted by atomic mass is 10.1. The maximum atomic E-state index is 9.67. The van der Waals surface area contributed by atoms with Gasteiger partial charge in [0.1, 0.15) is 18.3 Å². The average molecular weight is 245 g/mol. The number of hydrogen-bond acceptors (Lipinski definition) is 6. The molecule has 8 nitrogen and oxygen atoms in total. The van der Waals surface area contributed by atoms with Gasteiger partial charge < -0.3 is 24.4 Å². The molecule has 2 saturated heterocycles. The van der Waals surface area contributed by atoms with Crippen LogP contribution in [0.5, 0.6) is 0 Å². The van der Waals surface area contributed by atoms with E-state index >= 15 is 0 Å². The maximum Gasteiger partial charge on any atom is 0.184 e. The number of hydrogen-bond donors (Lipinski definition) is 2. The minimum Gasteiger partial charge on any atom is -0.396 e. The molecule has 5 atom stereocenters. The van der Waals surface area contributed by atoms with E-state index in [-0.39, 0.29) is 6.61 Å². The van der Waals surface area contributed by atoms with Crippen LogP contribution in [-0.4, -0.2) is 53.3 Å². The van der Waals surface area contributed by atoms with Gasteiger partial charge in [-0.3, -0.25) is 0 Å². The van der Waals surface area contributed by atoms with Crippen molar-refractivity contribution in [3.63, 3.8) is 0 Å². The van der Waals surface area contributed by atoms with Gasteiger partial charge in [0.2, 0.25) is 0 Å². The zero-order valence-electron chi connectivity index (χ0n) is 9.55. The van der Waals surface area contributed by atoms with Gasteiger partial charge in [0.25, 0.3) is 0 Å². The second kappa shape index (κ2) is 4.41. The van der Waals surface area contributed by atoms with Gasteiger partial charge in [-0.1, -0.05) is 5.11 Å². The molecule has 0 radical (unpaired) electrons. The number of fused-ring (bicyclic) bond motifs is 1. The summed E-state index contributed by atoms with van der Waals surface area (Å²) in [7, 11) is 0. The van der Waals surface area contributed by atoms with E-state index in [1.807, 2.05) is 0 Å². The minimum absolute atomic E-state index is 0.381. The molecule has 0 amide bonds. The number of ether oxygens (including phenoxy) is 3. The molecule has 0 aliphatic carbocycles. The van der Waals surface area contributed by atoms with Crippen LogP contribution in [0.1, 0.15) is 13.8 Å². The lowest BCUT2D eigenvalue weighted by Crippen LogP contribution is -2.39. The van der Waals surface area contributed by atoms with E-state index in [2.05, 4.69) is 10.0 Å². The summed E-state index contributed by atoms with van der Waals surface area (Å²) in [5.74, 6) is -0.825. The van der Waals surface area contributed by atoms with Crippen molar-refractivity contribution in [2.45, 2.75) is 50.3 Å². The fourth-order valence-electron chi connectivity index (χ4n) is 2.19. The number of rotatable bonds is 3. The number of nitrogens with zero attached hydrogens (tertiary/aromatic N) is 3. The molecule has 2 N–H and O–H groups in total. The highest BCUT2D eigenvalue weighted by atomic mass is 16.8. The molecular formula is C9H15N3O5. The molecule has 17 heavy (non-hydrogen) atoms. The highest BCUT2D eigenvalue weighted by molar-refractivity contribution is 4.99. The van der Waals surface area contributed by atoms with Crippen LogP contribution in [0.4, 0.5) is 0 Å². The van der Waals surface area contributed by atoms with Crippen LogP contribution >= 0.6 is 0 Å². The quantitative estimate of drug-likeness (QED) is 0.409. The summed E-state index contributed by atoms with van der Waals surface area (Å²) in [6.45, 7) is 3.06. The van der Waals surface area contributed by atoms with Gasteiger partial charge in [-0.25, -0.2) is 0 Å². The average Bonchev–Trinajstić information content (AvgIpc) is 2.71. The van der Waals surface area contributed by atoms with Gasteiger partial charge in [-0.15, -0.1) is 0 Å². The predicted octanol–water partition coefficient (Wildman–Crippen LogP) is -0.105. The van der Waals surface area contributed by atoms with Crippen molar-refractivity contribution in [1.29, 1.82) is 0 Å². The van der Waals surface area contributed by atoms with E-state index in [9.17, 15) is 5.11 Å². The zero-order chi connectivity index (χ0) is 12.6. The number of aliphatic hydroxyl groups is 2. The summed E-state index contributed by atoms with van der Waals surface area (Å²) in [5.41, 5.74) is 8.39. The Bertz CT molecular complexity index is 344. The van der Waals surface area contributed by atoms with Crippen molar-refractivity contribution in [2.75, 3.05) is 6.61 Å². The second-order valence-corrected chi connectivity index (χ2v) is 4.51. The fraction of sp³-hybridized carbons (Fsp3) is 1.00. The van der Waals surface area contributed by atoms with Crippen LogP contribution < -0.4 is 0 Å². The summed E-state index contributed by atoms with van der Waals surface area (Å²) < 4.78 is 16.3. The molecule has 0 spiro atoms. The van der Waals surface area contributed by atoms with Crippen LogP contribution in [0, 0.1) is 0 Å². The first kappa shape index (κ1) is 12.6. The van der Waals surface area contributed by atoms with Crippen molar-refractivity contribution < 1.29 is 24.4 Å². The molecule has 0 aromatic rings. The Morgan fingerprint density at radius 2 is 2.06 bits per heavy atom. The number of aliphatic hydroxyl groups excluding tert-OH is 2. The third-order valence-corrected chi connectivity index (χ3v) is 2.83. The molecule has 2 rings (SSSR count). The number of azide groups is 1. The largest absolute Gasteiger partial charge is 0.396 e. The van der Waals surface area contributed by atoms with E-state index in [0.717, 1.165) is 0 Å². The SMILES string of the molecule is CC1(C)O[C@H]2[C@@H]([C@H](CO)N=[N+]=[N-])OC(O)[C@H]2O1. The first-order valence-corrected chi connectivity index (χ1v) is 5.33. The van der Waals surface area contributed by atoms with E-state index in [1.165, 1.54) is 0 Å². The maximum absolute atomic E-state index is 9.67. The predicted molar refractivity (Wildman–Crippen MR) is 54.7 cm³/mol. The molecule has 2 aliphatic heterocycles. The van der Waals surface area contributed by atoms with Crippen LogP contribution in [0.25, 0.3) is 10.4 Å². The van der Waals surface area contributed by atoms with Gasteiger partial charge in [-0.05, 0) is 19.4 Å². The smallest absolute Gasteiger partial charge is 0.184 e. The van der Waals surface area contributed by atoms with Crippen molar-refractivity contribution in [2.24, 2.45) is 5.11 Å². The monoisotopic (exact) mass is 245 g/mol. The summed E-state index contributed by atoms with van der Waals surface area (Å²) in [6, 6.07) is -0.804. The van der Waals surface area contributed by atoms with Crippen molar-refractivity contribution in [3.8, 4) is 0 Å². The molecule has 8 heteroatoms. The van der Waals surface area contributed by atoms with Gasteiger partial charge in [0.05, 0.1) is 12.6 Å². The van der Waals surface area contributed by atoms with Crippen molar-refractivity contribution in [1.82, 2.24) is 0 Å². The van der Waals surface area contributed by atoms with Gasteiger partial charge in [0.15, 0.2) is 12.1 Å². The molecule has 0 bridgehead atoms. The highest BCUT2D eigenvalue weighted by Crippen LogP contribution is 2.39. The molecule has 0 aromatic heterocycles. The Balaban J connectivity index is 2.17. The molecule has 0 aromatic carbocycles. The zero-order valence-corrected chi connectivity index (χ0v) is 9.55. The minimum atomic E-state index is -1.14. The lowest BCUT2D eigenvalue weighted by molar-refractivity contribution is -0.222. The second-order valence-electron chi connectivity index (χ2n) is 4.51. The molecular weight excluding hydrogens is 230 g/mol. The Morgan fingerprint density at radius 3 is 2.65 bits per heavy atom. The summed E-state index contributed by atoms with van der Waals surface area (Å²) in [5, 5.41) is 22.2.